The van der Waals surface area contributed by atoms with E-state index in [1.807, 2.05) is 0 Å². The van der Waals surface area contributed by atoms with Crippen molar-refractivity contribution >= 4 is 5.91 Å². The maximum Gasteiger partial charge on any atom is 0.256 e. The zero-order chi connectivity index (χ0) is 14.7. The molecule has 1 aliphatic carbocycles. The second-order valence-corrected chi connectivity index (χ2v) is 5.94. The molecule has 0 atom stereocenters. The van der Waals surface area contributed by atoms with Crippen molar-refractivity contribution in [2.75, 3.05) is 7.05 Å². The minimum Gasteiger partial charge on any atom is -0.339 e. The standard InChI is InChI=1S/C17H24FNO/c1-4-13-8-10-14(11-9-13)19(3)17(20)15-7-5-6-12(2)16(15)18/h5-7,13-14H,4,8-11H2,1-3H3. The van der Waals surface area contributed by atoms with Crippen molar-refractivity contribution in [3.8, 4) is 0 Å². The number of hydrogen-bond donors (Lipinski definition) is 0. The first-order valence-electron chi connectivity index (χ1n) is 7.56. The molecule has 2 nitrogen and oxygen atoms in total. The number of nitrogens with zero attached hydrogens (tertiary/aromatic N) is 1. The number of amides is 1. The van der Waals surface area contributed by atoms with Gasteiger partial charge in [0.05, 0.1) is 5.56 Å². The molecule has 2 rings (SSSR count). The zero-order valence-corrected chi connectivity index (χ0v) is 12.7. The first-order chi connectivity index (χ1) is 9.54. The van der Waals surface area contributed by atoms with Crippen LogP contribution in [0.1, 0.15) is 54.9 Å². The minimum atomic E-state index is -0.383. The summed E-state index contributed by atoms with van der Waals surface area (Å²) in [4.78, 5) is 14.2. The smallest absolute Gasteiger partial charge is 0.256 e. The Morgan fingerprint density at radius 1 is 1.30 bits per heavy atom. The summed E-state index contributed by atoms with van der Waals surface area (Å²) in [5, 5.41) is 0. The number of hydrogen-bond acceptors (Lipinski definition) is 1. The van der Waals surface area contributed by atoms with E-state index in [1.165, 1.54) is 19.3 Å². The normalized spacial score (nSPS) is 22.6. The average Bonchev–Trinajstić information content (AvgIpc) is 2.48. The lowest BCUT2D eigenvalue weighted by Gasteiger charge is -2.34. The lowest BCUT2D eigenvalue weighted by atomic mass is 9.84. The van der Waals surface area contributed by atoms with E-state index in [9.17, 15) is 9.18 Å². The lowest BCUT2D eigenvalue weighted by Crippen LogP contribution is -2.39. The molecule has 0 aliphatic heterocycles. The van der Waals surface area contributed by atoms with Crippen molar-refractivity contribution in [3.05, 3.63) is 35.1 Å². The number of aryl methyl sites for hydroxylation is 1. The summed E-state index contributed by atoms with van der Waals surface area (Å²) in [6.45, 7) is 3.92. The van der Waals surface area contributed by atoms with Crippen LogP contribution in [-0.2, 0) is 0 Å². The van der Waals surface area contributed by atoms with Gasteiger partial charge in [0.2, 0.25) is 0 Å². The molecule has 0 unspecified atom stereocenters. The van der Waals surface area contributed by atoms with Crippen molar-refractivity contribution in [3.63, 3.8) is 0 Å². The molecule has 1 aromatic carbocycles. The summed E-state index contributed by atoms with van der Waals surface area (Å²) in [7, 11) is 1.81. The Morgan fingerprint density at radius 3 is 2.55 bits per heavy atom. The highest BCUT2D eigenvalue weighted by molar-refractivity contribution is 5.94. The Bertz CT molecular complexity index is 478. The molecule has 1 fully saturated rings. The first-order valence-corrected chi connectivity index (χ1v) is 7.56. The van der Waals surface area contributed by atoms with E-state index in [-0.39, 0.29) is 23.3 Å². The van der Waals surface area contributed by atoms with E-state index >= 15 is 0 Å². The van der Waals surface area contributed by atoms with Crippen LogP contribution in [0.3, 0.4) is 0 Å². The van der Waals surface area contributed by atoms with Gasteiger partial charge in [0, 0.05) is 13.1 Å². The van der Waals surface area contributed by atoms with Gasteiger partial charge < -0.3 is 4.90 Å². The van der Waals surface area contributed by atoms with Crippen molar-refractivity contribution in [1.82, 2.24) is 4.90 Å². The Kier molecular flexibility index (Phi) is 4.79. The molecule has 1 saturated carbocycles. The number of carbonyl (C=O) groups excluding carboxylic acids is 1. The van der Waals surface area contributed by atoms with Crippen LogP contribution in [0, 0.1) is 18.7 Å². The Morgan fingerprint density at radius 2 is 1.95 bits per heavy atom. The maximum absolute atomic E-state index is 14.0. The molecule has 0 aromatic heterocycles. The fourth-order valence-electron chi connectivity index (χ4n) is 3.11. The van der Waals surface area contributed by atoms with Gasteiger partial charge in [-0.1, -0.05) is 25.5 Å². The second kappa shape index (κ2) is 6.38. The maximum atomic E-state index is 14.0. The van der Waals surface area contributed by atoms with E-state index in [2.05, 4.69) is 6.92 Å². The van der Waals surface area contributed by atoms with Gasteiger partial charge in [-0.2, -0.15) is 0 Å². The van der Waals surface area contributed by atoms with Gasteiger partial charge in [-0.15, -0.1) is 0 Å². The van der Waals surface area contributed by atoms with Crippen molar-refractivity contribution in [2.24, 2.45) is 5.92 Å². The summed E-state index contributed by atoms with van der Waals surface area (Å²) < 4.78 is 14.0. The molecule has 0 radical (unpaired) electrons. The highest BCUT2D eigenvalue weighted by Crippen LogP contribution is 2.29. The zero-order valence-electron chi connectivity index (χ0n) is 12.7. The molecule has 1 aromatic rings. The van der Waals surface area contributed by atoms with Crippen LogP contribution in [0.15, 0.2) is 18.2 Å². The second-order valence-electron chi connectivity index (χ2n) is 5.94. The van der Waals surface area contributed by atoms with Crippen molar-refractivity contribution in [2.45, 2.75) is 52.0 Å². The molecule has 0 heterocycles. The summed E-state index contributed by atoms with van der Waals surface area (Å²) in [6.07, 6.45) is 5.64. The fourth-order valence-corrected chi connectivity index (χ4v) is 3.11. The third-order valence-electron chi connectivity index (χ3n) is 4.68. The Labute approximate surface area is 121 Å². The molecule has 1 aliphatic rings. The third-order valence-corrected chi connectivity index (χ3v) is 4.68. The van der Waals surface area contributed by atoms with Gasteiger partial charge in [-0.3, -0.25) is 4.79 Å². The highest BCUT2D eigenvalue weighted by Gasteiger charge is 2.27. The molecule has 0 saturated heterocycles. The van der Waals surface area contributed by atoms with E-state index < -0.39 is 0 Å². The van der Waals surface area contributed by atoms with E-state index in [4.69, 9.17) is 0 Å². The predicted octanol–water partition coefficient (Wildman–Crippen LogP) is 4.17. The molecule has 0 spiro atoms. The van der Waals surface area contributed by atoms with E-state index in [0.717, 1.165) is 18.8 Å². The molecular formula is C17H24FNO. The van der Waals surface area contributed by atoms with Gasteiger partial charge >= 0.3 is 0 Å². The number of rotatable bonds is 3. The van der Waals surface area contributed by atoms with Gasteiger partial charge in [-0.25, -0.2) is 4.39 Å². The highest BCUT2D eigenvalue weighted by atomic mass is 19.1. The van der Waals surface area contributed by atoms with Crippen LogP contribution in [-0.4, -0.2) is 23.9 Å². The van der Waals surface area contributed by atoms with Gasteiger partial charge in [0.1, 0.15) is 5.82 Å². The van der Waals surface area contributed by atoms with Crippen molar-refractivity contribution < 1.29 is 9.18 Å². The molecule has 0 N–H and O–H groups in total. The molecular weight excluding hydrogens is 253 g/mol. The number of halogens is 1. The van der Waals surface area contributed by atoms with Gasteiger partial charge in [0.25, 0.3) is 5.91 Å². The first kappa shape index (κ1) is 15.0. The summed E-state index contributed by atoms with van der Waals surface area (Å²) in [5.74, 6) is 0.225. The Balaban J connectivity index is 2.07. The van der Waals surface area contributed by atoms with Gasteiger partial charge in [0.15, 0.2) is 0 Å². The van der Waals surface area contributed by atoms with Crippen LogP contribution in [0.25, 0.3) is 0 Å². The number of carbonyl (C=O) groups is 1. The monoisotopic (exact) mass is 277 g/mol. The van der Waals surface area contributed by atoms with Crippen LogP contribution in [0.5, 0.6) is 0 Å². The van der Waals surface area contributed by atoms with Crippen LogP contribution in [0.4, 0.5) is 4.39 Å². The Hall–Kier alpha value is -1.38. The molecule has 20 heavy (non-hydrogen) atoms. The molecule has 3 heteroatoms. The average molecular weight is 277 g/mol. The van der Waals surface area contributed by atoms with E-state index in [1.54, 1.807) is 37.1 Å². The van der Waals surface area contributed by atoms with Crippen molar-refractivity contribution in [1.29, 1.82) is 0 Å². The van der Waals surface area contributed by atoms with Crippen LogP contribution < -0.4 is 0 Å². The summed E-state index contributed by atoms with van der Waals surface area (Å²) in [6, 6.07) is 5.27. The lowest BCUT2D eigenvalue weighted by molar-refractivity contribution is 0.0670. The molecule has 1 amide bonds. The molecule has 0 bridgehead atoms. The topological polar surface area (TPSA) is 20.3 Å². The number of benzene rings is 1. The third kappa shape index (κ3) is 3.02. The predicted molar refractivity (Wildman–Crippen MR) is 79.3 cm³/mol. The fraction of sp³-hybridized carbons (Fsp3) is 0.588. The summed E-state index contributed by atoms with van der Waals surface area (Å²) >= 11 is 0. The van der Waals surface area contributed by atoms with Crippen LogP contribution in [0.2, 0.25) is 0 Å². The van der Waals surface area contributed by atoms with E-state index in [0.29, 0.717) is 5.56 Å². The van der Waals surface area contributed by atoms with Crippen LogP contribution >= 0.6 is 0 Å². The minimum absolute atomic E-state index is 0.189. The molecule has 110 valence electrons. The largest absolute Gasteiger partial charge is 0.339 e. The quantitative estimate of drug-likeness (QED) is 0.812. The SMILES string of the molecule is CCC1CCC(N(C)C(=O)c2cccc(C)c2F)CC1. The summed E-state index contributed by atoms with van der Waals surface area (Å²) in [5.41, 5.74) is 0.726. The van der Waals surface area contributed by atoms with Gasteiger partial charge in [-0.05, 0) is 50.2 Å².